The average molecular weight is 283 g/mol. The maximum absolute atomic E-state index is 12.6. The number of carboxylic acid groups (broad SMARTS) is 1. The van der Waals surface area contributed by atoms with Crippen molar-refractivity contribution in [3.05, 3.63) is 0 Å². The van der Waals surface area contributed by atoms with E-state index in [9.17, 15) is 14.4 Å². The van der Waals surface area contributed by atoms with Crippen molar-refractivity contribution in [3.8, 4) is 0 Å². The first kappa shape index (κ1) is 14.8. The molecule has 0 aliphatic carbocycles. The van der Waals surface area contributed by atoms with Crippen molar-refractivity contribution in [1.29, 1.82) is 0 Å². The Kier molecular flexibility index (Phi) is 3.99. The van der Waals surface area contributed by atoms with Crippen LogP contribution in [0.5, 0.6) is 0 Å². The summed E-state index contributed by atoms with van der Waals surface area (Å²) in [4.78, 5) is 38.9. The Balaban J connectivity index is 2.19. The summed E-state index contributed by atoms with van der Waals surface area (Å²) in [7, 11) is 0. The fourth-order valence-electron chi connectivity index (χ4n) is 2.98. The van der Waals surface area contributed by atoms with Crippen molar-refractivity contribution in [1.82, 2.24) is 15.1 Å². The number of amides is 3. The van der Waals surface area contributed by atoms with Crippen LogP contribution in [0.2, 0.25) is 0 Å². The number of likely N-dealkylation sites (tertiary alicyclic amines) is 1. The molecule has 0 saturated carbocycles. The van der Waals surface area contributed by atoms with Crippen molar-refractivity contribution in [2.75, 3.05) is 19.6 Å². The van der Waals surface area contributed by atoms with Crippen LogP contribution in [0, 0.1) is 0 Å². The number of nitrogens with one attached hydrogen (secondary N) is 1. The molecule has 0 aromatic rings. The minimum Gasteiger partial charge on any atom is -0.480 e. The van der Waals surface area contributed by atoms with Crippen LogP contribution in [0.1, 0.15) is 33.1 Å². The summed E-state index contributed by atoms with van der Waals surface area (Å²) in [5, 5.41) is 11.9. The first-order valence-corrected chi connectivity index (χ1v) is 7.06. The first-order valence-electron chi connectivity index (χ1n) is 7.06. The number of carbonyl (C=O) groups is 3. The van der Waals surface area contributed by atoms with Gasteiger partial charge in [0.1, 0.15) is 11.6 Å². The zero-order valence-electron chi connectivity index (χ0n) is 11.9. The minimum atomic E-state index is -1.14. The lowest BCUT2D eigenvalue weighted by Gasteiger charge is -2.37. The Morgan fingerprint density at radius 2 is 1.95 bits per heavy atom. The van der Waals surface area contributed by atoms with E-state index in [-0.39, 0.29) is 12.3 Å². The Bertz CT molecular complexity index is 429. The third-order valence-electron chi connectivity index (χ3n) is 4.33. The Hall–Kier alpha value is -1.63. The number of hydrogen-bond acceptors (Lipinski definition) is 4. The van der Waals surface area contributed by atoms with Crippen molar-refractivity contribution >= 4 is 17.9 Å². The molecule has 2 fully saturated rings. The third kappa shape index (κ3) is 2.26. The standard InChI is InChI=1S/C13H21N3O4/c1-3-9(10(17)18)16-11(19)13(14-12(16)20)5-7-15(4-2)8-6-13/h9H,3-8H2,1-2H3,(H,14,20)(H,17,18). The van der Waals surface area contributed by atoms with Crippen LogP contribution in [-0.4, -0.2) is 64.0 Å². The summed E-state index contributed by atoms with van der Waals surface area (Å²) >= 11 is 0. The van der Waals surface area contributed by atoms with E-state index in [1.807, 2.05) is 0 Å². The molecule has 7 heteroatoms. The highest BCUT2D eigenvalue weighted by Gasteiger charge is 2.54. The zero-order valence-corrected chi connectivity index (χ0v) is 11.9. The topological polar surface area (TPSA) is 89.9 Å². The molecule has 2 aliphatic heterocycles. The molecule has 2 aliphatic rings. The molecule has 7 nitrogen and oxygen atoms in total. The number of imide groups is 1. The second-order valence-electron chi connectivity index (χ2n) is 5.38. The lowest BCUT2D eigenvalue weighted by atomic mass is 9.87. The Morgan fingerprint density at radius 3 is 2.40 bits per heavy atom. The van der Waals surface area contributed by atoms with E-state index < -0.39 is 23.6 Å². The molecule has 3 amide bonds. The summed E-state index contributed by atoms with van der Waals surface area (Å²) in [6, 6.07) is -1.65. The largest absolute Gasteiger partial charge is 0.480 e. The molecule has 0 bridgehead atoms. The predicted molar refractivity (Wildman–Crippen MR) is 71.2 cm³/mol. The lowest BCUT2D eigenvalue weighted by molar-refractivity contribution is -0.148. The second-order valence-corrected chi connectivity index (χ2v) is 5.38. The monoisotopic (exact) mass is 283 g/mol. The van der Waals surface area contributed by atoms with E-state index in [0.717, 1.165) is 24.5 Å². The molecule has 2 rings (SSSR count). The maximum atomic E-state index is 12.6. The normalized spacial score (nSPS) is 24.0. The van der Waals surface area contributed by atoms with Crippen LogP contribution in [0.25, 0.3) is 0 Å². The van der Waals surface area contributed by atoms with Crippen LogP contribution in [0.15, 0.2) is 0 Å². The van der Waals surface area contributed by atoms with Gasteiger partial charge in [-0.25, -0.2) is 14.5 Å². The van der Waals surface area contributed by atoms with E-state index in [2.05, 4.69) is 17.1 Å². The molecule has 20 heavy (non-hydrogen) atoms. The highest BCUT2D eigenvalue weighted by Crippen LogP contribution is 2.31. The number of carbonyl (C=O) groups excluding carboxylic acids is 2. The predicted octanol–water partition coefficient (Wildman–Crippen LogP) is 0.256. The van der Waals surface area contributed by atoms with E-state index in [4.69, 9.17) is 5.11 Å². The number of nitrogens with zero attached hydrogens (tertiary/aromatic N) is 2. The van der Waals surface area contributed by atoms with Gasteiger partial charge in [-0.1, -0.05) is 13.8 Å². The number of rotatable bonds is 4. The van der Waals surface area contributed by atoms with Crippen LogP contribution >= 0.6 is 0 Å². The quantitative estimate of drug-likeness (QED) is 0.722. The summed E-state index contributed by atoms with van der Waals surface area (Å²) < 4.78 is 0. The van der Waals surface area contributed by atoms with Crippen LogP contribution < -0.4 is 5.32 Å². The van der Waals surface area contributed by atoms with E-state index in [0.29, 0.717) is 12.8 Å². The third-order valence-corrected chi connectivity index (χ3v) is 4.33. The second kappa shape index (κ2) is 5.40. The molecule has 0 aromatic carbocycles. The van der Waals surface area contributed by atoms with Gasteiger partial charge in [-0.3, -0.25) is 4.79 Å². The highest BCUT2D eigenvalue weighted by molar-refractivity contribution is 6.09. The first-order chi connectivity index (χ1) is 9.45. The Labute approximate surface area is 117 Å². The van der Waals surface area contributed by atoms with E-state index >= 15 is 0 Å². The van der Waals surface area contributed by atoms with Crippen LogP contribution in [-0.2, 0) is 9.59 Å². The summed E-state index contributed by atoms with van der Waals surface area (Å²) in [5.41, 5.74) is -0.897. The van der Waals surface area contributed by atoms with Crippen molar-refractivity contribution in [2.24, 2.45) is 0 Å². The summed E-state index contributed by atoms with van der Waals surface area (Å²) in [6.45, 7) is 6.09. The maximum Gasteiger partial charge on any atom is 0.326 e. The van der Waals surface area contributed by atoms with Gasteiger partial charge in [-0.2, -0.15) is 0 Å². The highest BCUT2D eigenvalue weighted by atomic mass is 16.4. The molecular weight excluding hydrogens is 262 g/mol. The number of aliphatic carboxylic acids is 1. The van der Waals surface area contributed by atoms with Crippen molar-refractivity contribution < 1.29 is 19.5 Å². The number of piperidine rings is 1. The molecular formula is C13H21N3O4. The van der Waals surface area contributed by atoms with Gasteiger partial charge in [0, 0.05) is 13.1 Å². The average Bonchev–Trinajstić information content (AvgIpc) is 2.65. The lowest BCUT2D eigenvalue weighted by Crippen LogP contribution is -2.55. The van der Waals surface area contributed by atoms with E-state index in [1.165, 1.54) is 0 Å². The molecule has 0 radical (unpaired) electrons. The number of carboxylic acids is 1. The summed E-state index contributed by atoms with van der Waals surface area (Å²) in [6.07, 6.45) is 1.29. The SMILES string of the molecule is CCC(C(=O)O)N1C(=O)NC2(CCN(CC)CC2)C1=O. The molecule has 112 valence electrons. The molecule has 1 unspecified atom stereocenters. The molecule has 2 saturated heterocycles. The van der Waals surface area contributed by atoms with Crippen LogP contribution in [0.3, 0.4) is 0 Å². The smallest absolute Gasteiger partial charge is 0.326 e. The fraction of sp³-hybridized carbons (Fsp3) is 0.769. The summed E-state index contributed by atoms with van der Waals surface area (Å²) in [5.74, 6) is -1.52. The zero-order chi connectivity index (χ0) is 14.9. The van der Waals surface area contributed by atoms with Crippen LogP contribution in [0.4, 0.5) is 4.79 Å². The van der Waals surface area contributed by atoms with Gasteiger partial charge >= 0.3 is 12.0 Å². The van der Waals surface area contributed by atoms with Crippen molar-refractivity contribution in [3.63, 3.8) is 0 Å². The number of hydrogen-bond donors (Lipinski definition) is 2. The fourth-order valence-corrected chi connectivity index (χ4v) is 2.98. The van der Waals surface area contributed by atoms with Crippen molar-refractivity contribution in [2.45, 2.75) is 44.7 Å². The molecule has 0 aromatic heterocycles. The van der Waals surface area contributed by atoms with Gasteiger partial charge in [0.25, 0.3) is 5.91 Å². The number of urea groups is 1. The van der Waals surface area contributed by atoms with Gasteiger partial charge in [0.2, 0.25) is 0 Å². The van der Waals surface area contributed by atoms with Gasteiger partial charge in [0.05, 0.1) is 0 Å². The molecule has 1 atom stereocenters. The van der Waals surface area contributed by atoms with E-state index in [1.54, 1.807) is 6.92 Å². The molecule has 2 N–H and O–H groups in total. The van der Waals surface area contributed by atoms with Gasteiger partial charge in [-0.15, -0.1) is 0 Å². The molecule has 1 spiro atoms. The van der Waals surface area contributed by atoms with Gasteiger partial charge in [-0.05, 0) is 25.8 Å². The molecule has 2 heterocycles. The van der Waals surface area contributed by atoms with Gasteiger partial charge < -0.3 is 15.3 Å². The Morgan fingerprint density at radius 1 is 1.35 bits per heavy atom. The minimum absolute atomic E-state index is 0.214. The van der Waals surface area contributed by atoms with Gasteiger partial charge in [0.15, 0.2) is 0 Å².